The highest BCUT2D eigenvalue weighted by atomic mass is 32.2. The molecular weight excluding hydrogens is 278 g/mol. The average molecular weight is 291 g/mol. The van der Waals surface area contributed by atoms with Gasteiger partial charge in [0.05, 0.1) is 6.54 Å². The number of benzene rings is 1. The average Bonchev–Trinajstić information content (AvgIpc) is 2.78. The number of hydrogen-bond donors (Lipinski definition) is 1. The molecule has 7 heteroatoms. The van der Waals surface area contributed by atoms with Gasteiger partial charge >= 0.3 is 0 Å². The molecule has 0 saturated carbocycles. The van der Waals surface area contributed by atoms with Crippen LogP contribution in [0.3, 0.4) is 0 Å². The summed E-state index contributed by atoms with van der Waals surface area (Å²) < 4.78 is 0. The van der Waals surface area contributed by atoms with Crippen LogP contribution in [-0.2, 0) is 9.59 Å². The molecule has 1 aromatic carbocycles. The lowest BCUT2D eigenvalue weighted by molar-refractivity contribution is -0.136. The zero-order valence-corrected chi connectivity index (χ0v) is 11.4. The van der Waals surface area contributed by atoms with Crippen molar-refractivity contribution in [1.82, 2.24) is 10.2 Å². The van der Waals surface area contributed by atoms with E-state index in [0.717, 1.165) is 17.4 Å². The molecule has 0 unspecified atom stereocenters. The number of hydrogen-bond acceptors (Lipinski definition) is 5. The highest BCUT2D eigenvalue weighted by molar-refractivity contribution is 8.15. The summed E-state index contributed by atoms with van der Waals surface area (Å²) in [5, 5.41) is 1.10. The van der Waals surface area contributed by atoms with Crippen molar-refractivity contribution in [2.24, 2.45) is 0 Å². The molecule has 6 nitrogen and oxygen atoms in total. The number of anilines is 1. The Hall–Kier alpha value is -2.02. The summed E-state index contributed by atoms with van der Waals surface area (Å²) in [4.78, 5) is 38.4. The molecular formula is C13H13N3O3S. The lowest BCUT2D eigenvalue weighted by Crippen LogP contribution is -2.55. The van der Waals surface area contributed by atoms with Crippen molar-refractivity contribution in [3.05, 3.63) is 30.3 Å². The van der Waals surface area contributed by atoms with E-state index in [2.05, 4.69) is 5.32 Å². The maximum atomic E-state index is 12.2. The first-order chi connectivity index (χ1) is 9.65. The van der Waals surface area contributed by atoms with E-state index in [1.165, 1.54) is 4.90 Å². The van der Waals surface area contributed by atoms with Gasteiger partial charge in [0.1, 0.15) is 0 Å². The lowest BCUT2D eigenvalue weighted by Gasteiger charge is -2.37. The molecule has 0 aliphatic carbocycles. The maximum Gasteiger partial charge on any atom is 0.288 e. The van der Waals surface area contributed by atoms with Crippen LogP contribution < -0.4 is 10.2 Å². The van der Waals surface area contributed by atoms with Gasteiger partial charge in [-0.25, -0.2) is 0 Å². The molecule has 2 aliphatic rings. The molecule has 2 saturated heterocycles. The summed E-state index contributed by atoms with van der Waals surface area (Å²) >= 11 is 0.868. The first-order valence-corrected chi connectivity index (χ1v) is 7.14. The van der Waals surface area contributed by atoms with Crippen molar-refractivity contribution in [2.75, 3.05) is 24.5 Å². The summed E-state index contributed by atoms with van der Waals surface area (Å²) in [5.41, 5.74) is 0.986. The van der Waals surface area contributed by atoms with E-state index >= 15 is 0 Å². The molecule has 3 amide bonds. The van der Waals surface area contributed by atoms with Gasteiger partial charge < -0.3 is 9.80 Å². The Bertz CT molecular complexity index is 563. The van der Waals surface area contributed by atoms with Crippen LogP contribution in [0.2, 0.25) is 0 Å². The zero-order valence-electron chi connectivity index (χ0n) is 10.6. The molecule has 0 radical (unpaired) electrons. The number of rotatable bonds is 2. The predicted octanol–water partition coefficient (Wildman–Crippen LogP) is 0.644. The Morgan fingerprint density at radius 2 is 1.85 bits per heavy atom. The molecule has 20 heavy (non-hydrogen) atoms. The Balaban J connectivity index is 1.70. The van der Waals surface area contributed by atoms with Crippen LogP contribution in [0, 0.1) is 0 Å². The van der Waals surface area contributed by atoms with Crippen molar-refractivity contribution < 1.29 is 14.4 Å². The van der Waals surface area contributed by atoms with Gasteiger partial charge in [-0.2, -0.15) is 0 Å². The summed E-state index contributed by atoms with van der Waals surface area (Å²) in [6.45, 7) is 1.31. The molecule has 2 heterocycles. The number of carbonyl (C=O) groups excluding carboxylic acids is 3. The van der Waals surface area contributed by atoms with Crippen LogP contribution >= 0.6 is 11.8 Å². The fourth-order valence-electron chi connectivity index (χ4n) is 2.35. The number of amides is 3. The molecule has 2 fully saturated rings. The lowest BCUT2D eigenvalue weighted by atomic mass is 10.2. The van der Waals surface area contributed by atoms with E-state index in [9.17, 15) is 14.4 Å². The highest BCUT2D eigenvalue weighted by Gasteiger charge is 2.40. The highest BCUT2D eigenvalue weighted by Crippen LogP contribution is 2.25. The fourth-order valence-corrected chi connectivity index (χ4v) is 3.22. The van der Waals surface area contributed by atoms with Crippen LogP contribution in [0.4, 0.5) is 10.5 Å². The minimum atomic E-state index is -0.715. The van der Waals surface area contributed by atoms with Crippen LogP contribution in [0.5, 0.6) is 0 Å². The van der Waals surface area contributed by atoms with Gasteiger partial charge in [-0.05, 0) is 23.9 Å². The molecule has 3 rings (SSSR count). The number of nitrogens with zero attached hydrogens (tertiary/aromatic N) is 2. The topological polar surface area (TPSA) is 69.7 Å². The molecule has 1 N–H and O–H groups in total. The molecule has 0 bridgehead atoms. The molecule has 0 aromatic heterocycles. The Labute approximate surface area is 120 Å². The number of para-hydroxylation sites is 1. The van der Waals surface area contributed by atoms with Crippen LogP contribution in [-0.4, -0.2) is 47.0 Å². The molecule has 0 spiro atoms. The second kappa shape index (κ2) is 5.16. The van der Waals surface area contributed by atoms with Gasteiger partial charge in [0.15, 0.2) is 5.37 Å². The van der Waals surface area contributed by atoms with Crippen LogP contribution in [0.15, 0.2) is 30.3 Å². The Morgan fingerprint density at radius 1 is 1.10 bits per heavy atom. The van der Waals surface area contributed by atoms with Gasteiger partial charge in [0.25, 0.3) is 11.1 Å². The van der Waals surface area contributed by atoms with Gasteiger partial charge in [-0.3, -0.25) is 19.7 Å². The molecule has 1 atom stereocenters. The standard InChI is InChI=1S/C13H13N3O3S/c17-10-8-15(9-4-2-1-3-5-9)6-7-16(10)12-11(18)14-13(19)20-12/h1-5,12H,6-8H2,(H,14,18,19)/t12-/m0/s1. The number of imide groups is 1. The molecule has 2 aliphatic heterocycles. The number of carbonyl (C=O) groups is 3. The summed E-state index contributed by atoms with van der Waals surface area (Å²) in [6.07, 6.45) is 0. The van der Waals surface area contributed by atoms with Crippen molar-refractivity contribution in [3.63, 3.8) is 0 Å². The summed E-state index contributed by atoms with van der Waals surface area (Å²) in [6, 6.07) is 9.66. The quantitative estimate of drug-likeness (QED) is 0.866. The van der Waals surface area contributed by atoms with Crippen molar-refractivity contribution in [1.29, 1.82) is 0 Å². The Kier molecular flexibility index (Phi) is 3.35. The SMILES string of the molecule is O=C1NC(=O)[C@@H](N2CCN(c3ccccc3)CC2=O)S1. The van der Waals surface area contributed by atoms with E-state index in [1.807, 2.05) is 35.2 Å². The third-order valence-electron chi connectivity index (χ3n) is 3.33. The van der Waals surface area contributed by atoms with Crippen LogP contribution in [0.1, 0.15) is 0 Å². The molecule has 104 valence electrons. The zero-order chi connectivity index (χ0) is 14.1. The van der Waals surface area contributed by atoms with E-state index in [4.69, 9.17) is 0 Å². The third kappa shape index (κ3) is 2.36. The van der Waals surface area contributed by atoms with Crippen molar-refractivity contribution in [3.8, 4) is 0 Å². The second-order valence-electron chi connectivity index (χ2n) is 4.59. The first-order valence-electron chi connectivity index (χ1n) is 6.26. The Morgan fingerprint density at radius 3 is 2.45 bits per heavy atom. The van der Waals surface area contributed by atoms with Crippen molar-refractivity contribution in [2.45, 2.75) is 5.37 Å². The number of thioether (sulfide) groups is 1. The third-order valence-corrected chi connectivity index (χ3v) is 4.34. The number of piperazine rings is 1. The predicted molar refractivity (Wildman–Crippen MR) is 75.3 cm³/mol. The van der Waals surface area contributed by atoms with Gasteiger partial charge in [-0.15, -0.1) is 0 Å². The largest absolute Gasteiger partial charge is 0.360 e. The number of nitrogens with one attached hydrogen (secondary N) is 1. The van der Waals surface area contributed by atoms with E-state index in [1.54, 1.807) is 0 Å². The molecule has 1 aromatic rings. The second-order valence-corrected chi connectivity index (χ2v) is 5.64. The smallest absolute Gasteiger partial charge is 0.288 e. The van der Waals surface area contributed by atoms with Crippen molar-refractivity contribution >= 4 is 34.5 Å². The monoisotopic (exact) mass is 291 g/mol. The minimum absolute atomic E-state index is 0.137. The summed E-state index contributed by atoms with van der Waals surface area (Å²) in [5.74, 6) is -0.538. The van der Waals surface area contributed by atoms with E-state index < -0.39 is 16.5 Å². The van der Waals surface area contributed by atoms with Gasteiger partial charge in [0, 0.05) is 18.8 Å². The summed E-state index contributed by atoms with van der Waals surface area (Å²) in [7, 11) is 0. The minimum Gasteiger partial charge on any atom is -0.360 e. The first kappa shape index (κ1) is 13.0. The van der Waals surface area contributed by atoms with E-state index in [0.29, 0.717) is 13.1 Å². The van der Waals surface area contributed by atoms with Gasteiger partial charge in [0.2, 0.25) is 5.91 Å². The normalized spacial score (nSPS) is 23.2. The fraction of sp³-hybridized carbons (Fsp3) is 0.308. The maximum absolute atomic E-state index is 12.2. The van der Waals surface area contributed by atoms with E-state index in [-0.39, 0.29) is 12.5 Å². The van der Waals surface area contributed by atoms with Gasteiger partial charge in [-0.1, -0.05) is 18.2 Å². The van der Waals surface area contributed by atoms with Crippen LogP contribution in [0.25, 0.3) is 0 Å².